The van der Waals surface area contributed by atoms with Crippen molar-refractivity contribution in [1.82, 2.24) is 4.98 Å². The Morgan fingerprint density at radius 3 is 2.38 bits per heavy atom. The van der Waals surface area contributed by atoms with Gasteiger partial charge in [0.05, 0.1) is 0 Å². The molecule has 0 atom stereocenters. The van der Waals surface area contributed by atoms with Gasteiger partial charge in [-0.25, -0.2) is 4.79 Å². The fourth-order valence-corrected chi connectivity index (χ4v) is 1.11. The summed E-state index contributed by atoms with van der Waals surface area (Å²) in [5.41, 5.74) is -0.522. The molecule has 0 aliphatic rings. The normalized spacial score (nSPS) is 11.7. The van der Waals surface area contributed by atoms with Crippen LogP contribution in [0.3, 0.4) is 0 Å². The second kappa shape index (κ2) is 3.03. The molecule has 0 radical (unpaired) electrons. The quantitative estimate of drug-likeness (QED) is 0.761. The van der Waals surface area contributed by atoms with Crippen LogP contribution in [-0.4, -0.2) is 16.1 Å². The zero-order valence-electron chi connectivity index (χ0n) is 7.59. The first kappa shape index (κ1) is 10.1. The van der Waals surface area contributed by atoms with E-state index in [9.17, 15) is 4.79 Å². The molecule has 72 valence electrons. The summed E-state index contributed by atoms with van der Waals surface area (Å²) in [5.74, 6) is -0.828. The van der Waals surface area contributed by atoms with Crippen LogP contribution in [0, 0.1) is 0 Å². The molecule has 13 heavy (non-hydrogen) atoms. The highest BCUT2D eigenvalue weighted by atomic mass is 35.5. The minimum absolute atomic E-state index is 0.113. The van der Waals surface area contributed by atoms with Gasteiger partial charge in [-0.05, 0) is 11.6 Å². The molecule has 0 unspecified atom stereocenters. The Bertz CT molecular complexity index is 338. The zero-order chi connectivity index (χ0) is 10.2. The number of oxazole rings is 1. The molecule has 0 fully saturated rings. The van der Waals surface area contributed by atoms with Gasteiger partial charge in [0.25, 0.3) is 5.35 Å². The van der Waals surface area contributed by atoms with Crippen LogP contribution in [0.2, 0.25) is 5.35 Å². The Balaban J connectivity index is 3.28. The van der Waals surface area contributed by atoms with Gasteiger partial charge in [-0.15, -0.1) is 0 Å². The SMILES string of the molecule is CC(C)(C)c1oc(Cl)nc1C(=O)O. The standard InChI is InChI=1S/C8H10ClNO3/c1-8(2,3)5-4(6(11)12)10-7(9)13-5/h1-3H3,(H,11,12). The lowest BCUT2D eigenvalue weighted by atomic mass is 9.92. The average molecular weight is 204 g/mol. The number of hydrogen-bond donors (Lipinski definition) is 1. The molecule has 0 aromatic carbocycles. The van der Waals surface area contributed by atoms with Gasteiger partial charge >= 0.3 is 5.97 Å². The van der Waals surface area contributed by atoms with Crippen LogP contribution in [0.1, 0.15) is 37.0 Å². The molecule has 0 aliphatic heterocycles. The van der Waals surface area contributed by atoms with E-state index in [4.69, 9.17) is 21.1 Å². The van der Waals surface area contributed by atoms with Crippen molar-refractivity contribution < 1.29 is 14.3 Å². The maximum absolute atomic E-state index is 10.7. The zero-order valence-corrected chi connectivity index (χ0v) is 8.34. The molecule has 0 amide bonds. The van der Waals surface area contributed by atoms with Crippen molar-refractivity contribution in [3.05, 3.63) is 16.8 Å². The molecule has 1 aromatic heterocycles. The van der Waals surface area contributed by atoms with E-state index in [2.05, 4.69) is 4.98 Å². The Labute approximate surface area is 80.5 Å². The topological polar surface area (TPSA) is 63.3 Å². The van der Waals surface area contributed by atoms with E-state index < -0.39 is 11.4 Å². The second-order valence-electron chi connectivity index (χ2n) is 3.70. The predicted molar refractivity (Wildman–Crippen MR) is 47.2 cm³/mol. The van der Waals surface area contributed by atoms with Crippen molar-refractivity contribution in [1.29, 1.82) is 0 Å². The van der Waals surface area contributed by atoms with E-state index in [1.54, 1.807) is 0 Å². The van der Waals surface area contributed by atoms with Crippen LogP contribution in [0.4, 0.5) is 0 Å². The number of nitrogens with zero attached hydrogens (tertiary/aromatic N) is 1. The number of halogens is 1. The number of aromatic carboxylic acids is 1. The summed E-state index contributed by atoms with van der Waals surface area (Å²) in [4.78, 5) is 14.3. The van der Waals surface area contributed by atoms with E-state index in [0.717, 1.165) is 0 Å². The van der Waals surface area contributed by atoms with Crippen LogP contribution in [0.5, 0.6) is 0 Å². The highest BCUT2D eigenvalue weighted by Gasteiger charge is 2.28. The Hall–Kier alpha value is -1.03. The van der Waals surface area contributed by atoms with E-state index in [1.807, 2.05) is 20.8 Å². The van der Waals surface area contributed by atoms with Crippen molar-refractivity contribution >= 4 is 17.6 Å². The van der Waals surface area contributed by atoms with E-state index in [1.165, 1.54) is 0 Å². The Morgan fingerprint density at radius 2 is 2.08 bits per heavy atom. The molecule has 0 saturated heterocycles. The van der Waals surface area contributed by atoms with E-state index in [-0.39, 0.29) is 11.0 Å². The Kier molecular flexibility index (Phi) is 2.34. The third-order valence-corrected chi connectivity index (χ3v) is 1.65. The summed E-state index contributed by atoms with van der Waals surface area (Å²) in [7, 11) is 0. The highest BCUT2D eigenvalue weighted by Crippen LogP contribution is 2.28. The van der Waals surface area contributed by atoms with Crippen molar-refractivity contribution in [3.8, 4) is 0 Å². The number of carboxylic acids is 1. The van der Waals surface area contributed by atoms with Crippen molar-refractivity contribution in [2.75, 3.05) is 0 Å². The van der Waals surface area contributed by atoms with Gasteiger partial charge in [-0.2, -0.15) is 4.98 Å². The molecule has 1 heterocycles. The second-order valence-corrected chi connectivity index (χ2v) is 4.02. The summed E-state index contributed by atoms with van der Waals surface area (Å²) in [6, 6.07) is 0. The van der Waals surface area contributed by atoms with E-state index >= 15 is 0 Å². The third kappa shape index (κ3) is 2.01. The number of aromatic nitrogens is 1. The summed E-state index contributed by atoms with van der Waals surface area (Å²) in [6.45, 7) is 5.49. The van der Waals surface area contributed by atoms with Crippen LogP contribution in [-0.2, 0) is 5.41 Å². The molecule has 0 spiro atoms. The van der Waals surface area contributed by atoms with Gasteiger partial charge in [0.2, 0.25) is 0 Å². The fraction of sp³-hybridized carbons (Fsp3) is 0.500. The third-order valence-electron chi connectivity index (χ3n) is 1.48. The molecule has 1 aromatic rings. The van der Waals surface area contributed by atoms with Crippen LogP contribution >= 0.6 is 11.6 Å². The summed E-state index contributed by atoms with van der Waals surface area (Å²) < 4.78 is 5.01. The number of carboxylic acid groups (broad SMARTS) is 1. The van der Waals surface area contributed by atoms with Gasteiger partial charge in [0.1, 0.15) is 5.76 Å². The lowest BCUT2D eigenvalue weighted by Crippen LogP contribution is -2.15. The molecule has 0 aliphatic carbocycles. The van der Waals surface area contributed by atoms with E-state index in [0.29, 0.717) is 5.76 Å². The van der Waals surface area contributed by atoms with Crippen molar-refractivity contribution in [3.63, 3.8) is 0 Å². The molecular formula is C8H10ClNO3. The van der Waals surface area contributed by atoms with Gasteiger partial charge < -0.3 is 9.52 Å². The van der Waals surface area contributed by atoms with Gasteiger partial charge in [-0.1, -0.05) is 20.8 Å². The van der Waals surface area contributed by atoms with Crippen LogP contribution in [0.15, 0.2) is 4.42 Å². The minimum atomic E-state index is -1.12. The lowest BCUT2D eigenvalue weighted by Gasteiger charge is -2.14. The monoisotopic (exact) mass is 203 g/mol. The maximum Gasteiger partial charge on any atom is 0.358 e. The molecule has 0 bridgehead atoms. The van der Waals surface area contributed by atoms with Gasteiger partial charge in [0, 0.05) is 5.41 Å². The lowest BCUT2D eigenvalue weighted by molar-refractivity contribution is 0.0686. The first-order valence-electron chi connectivity index (χ1n) is 3.72. The molecule has 4 nitrogen and oxygen atoms in total. The van der Waals surface area contributed by atoms with Crippen molar-refractivity contribution in [2.45, 2.75) is 26.2 Å². The van der Waals surface area contributed by atoms with Crippen LogP contribution in [0.25, 0.3) is 0 Å². The number of carbonyl (C=O) groups is 1. The number of hydrogen-bond acceptors (Lipinski definition) is 3. The first-order chi connectivity index (χ1) is 5.82. The summed E-state index contributed by atoms with van der Waals surface area (Å²) in [6.07, 6.45) is 0. The molecule has 5 heteroatoms. The summed E-state index contributed by atoms with van der Waals surface area (Å²) >= 11 is 5.47. The maximum atomic E-state index is 10.7. The molecule has 0 saturated carbocycles. The van der Waals surface area contributed by atoms with Gasteiger partial charge in [-0.3, -0.25) is 0 Å². The molecule has 1 rings (SSSR count). The van der Waals surface area contributed by atoms with Crippen molar-refractivity contribution in [2.24, 2.45) is 0 Å². The minimum Gasteiger partial charge on any atom is -0.476 e. The van der Waals surface area contributed by atoms with Crippen LogP contribution < -0.4 is 0 Å². The molecular weight excluding hydrogens is 194 g/mol. The average Bonchev–Trinajstić information content (AvgIpc) is 2.29. The predicted octanol–water partition coefficient (Wildman–Crippen LogP) is 2.32. The largest absolute Gasteiger partial charge is 0.476 e. The highest BCUT2D eigenvalue weighted by molar-refractivity contribution is 6.27. The smallest absolute Gasteiger partial charge is 0.358 e. The number of rotatable bonds is 1. The molecule has 1 N–H and O–H groups in total. The summed E-state index contributed by atoms with van der Waals surface area (Å²) in [5, 5.41) is 8.62. The van der Waals surface area contributed by atoms with Gasteiger partial charge in [0.15, 0.2) is 5.69 Å². The first-order valence-corrected chi connectivity index (χ1v) is 4.10. The Morgan fingerprint density at radius 1 is 1.54 bits per heavy atom. The fourth-order valence-electron chi connectivity index (χ4n) is 0.947.